The smallest absolute Gasteiger partial charge is 0.265 e. The Labute approximate surface area is 234 Å². The number of methoxy groups -OCH3 is 1. The molecule has 1 unspecified atom stereocenters. The molecule has 2 heterocycles. The first kappa shape index (κ1) is 26.7. The maximum absolute atomic E-state index is 13.5. The van der Waals surface area contributed by atoms with Crippen molar-refractivity contribution in [2.45, 2.75) is 20.0 Å². The van der Waals surface area contributed by atoms with Crippen molar-refractivity contribution >= 4 is 39.1 Å². The van der Waals surface area contributed by atoms with Gasteiger partial charge in [-0.05, 0) is 55.8 Å². The predicted octanol–water partition coefficient (Wildman–Crippen LogP) is 6.01. The van der Waals surface area contributed by atoms with Crippen LogP contribution in [0.1, 0.15) is 22.8 Å². The number of benzene rings is 3. The average molecular weight is 555 g/mol. The van der Waals surface area contributed by atoms with Crippen LogP contribution >= 0.6 is 11.3 Å². The highest BCUT2D eigenvalue weighted by atomic mass is 32.1. The molecule has 0 fully saturated rings. The van der Waals surface area contributed by atoms with Gasteiger partial charge in [-0.2, -0.15) is 0 Å². The molecule has 0 saturated heterocycles. The quantitative estimate of drug-likeness (QED) is 0.242. The Bertz CT molecular complexity index is 1770. The standard InChI is InChI=1S/C31H26N2O6S/c1-17-8-10-19(11-9-17)23-16-40-31(25(23)29(32)35)33-30(36)18(2)38-28-26(34)22-6-4-5-7-24(22)39-27(28)20-12-14-21(37-3)15-13-20/h4-16,18H,1-3H3,(H2,32,35)(H,33,36). The first-order valence-corrected chi connectivity index (χ1v) is 13.3. The third-order valence-electron chi connectivity index (χ3n) is 6.41. The molecular formula is C31H26N2O6S. The zero-order valence-electron chi connectivity index (χ0n) is 22.0. The van der Waals surface area contributed by atoms with Crippen molar-refractivity contribution in [1.29, 1.82) is 0 Å². The first-order chi connectivity index (χ1) is 19.3. The fourth-order valence-corrected chi connectivity index (χ4v) is 5.23. The molecule has 0 bridgehead atoms. The number of para-hydroxylation sites is 1. The van der Waals surface area contributed by atoms with E-state index in [0.29, 0.717) is 32.8 Å². The van der Waals surface area contributed by atoms with Crippen LogP contribution in [0, 0.1) is 6.92 Å². The van der Waals surface area contributed by atoms with E-state index in [1.54, 1.807) is 61.0 Å². The van der Waals surface area contributed by atoms with Gasteiger partial charge >= 0.3 is 0 Å². The number of anilines is 1. The number of carbonyl (C=O) groups is 2. The molecule has 2 aromatic heterocycles. The maximum Gasteiger partial charge on any atom is 0.265 e. The molecule has 202 valence electrons. The van der Waals surface area contributed by atoms with Crippen molar-refractivity contribution in [3.8, 4) is 33.9 Å². The molecule has 8 nitrogen and oxygen atoms in total. The van der Waals surface area contributed by atoms with Gasteiger partial charge in [0.2, 0.25) is 11.2 Å². The highest BCUT2D eigenvalue weighted by Crippen LogP contribution is 2.36. The number of aryl methyl sites for hydroxylation is 1. The predicted molar refractivity (Wildman–Crippen MR) is 156 cm³/mol. The normalized spacial score (nSPS) is 11.7. The van der Waals surface area contributed by atoms with E-state index >= 15 is 0 Å². The summed E-state index contributed by atoms with van der Waals surface area (Å²) in [5.41, 5.74) is 8.96. The Kier molecular flexibility index (Phi) is 7.39. The molecule has 0 radical (unpaired) electrons. The van der Waals surface area contributed by atoms with Crippen molar-refractivity contribution in [3.05, 3.63) is 99.5 Å². The van der Waals surface area contributed by atoms with Crippen LogP contribution in [-0.2, 0) is 4.79 Å². The number of carbonyl (C=O) groups excluding carboxylic acids is 2. The third kappa shape index (κ3) is 5.19. The van der Waals surface area contributed by atoms with Crippen LogP contribution in [0.25, 0.3) is 33.4 Å². The SMILES string of the molecule is COc1ccc(-c2oc3ccccc3c(=O)c2OC(C)C(=O)Nc2scc(-c3ccc(C)cc3)c2C(N)=O)cc1. The summed E-state index contributed by atoms with van der Waals surface area (Å²) < 4.78 is 17.3. The topological polar surface area (TPSA) is 121 Å². The molecule has 0 spiro atoms. The molecule has 0 saturated carbocycles. The fourth-order valence-electron chi connectivity index (χ4n) is 4.25. The number of primary amides is 1. The number of nitrogens with two attached hydrogens (primary N) is 1. The molecule has 1 atom stereocenters. The lowest BCUT2D eigenvalue weighted by molar-refractivity contribution is -0.122. The highest BCUT2D eigenvalue weighted by Gasteiger charge is 2.26. The van der Waals surface area contributed by atoms with Crippen LogP contribution in [-0.4, -0.2) is 25.0 Å². The second-order valence-electron chi connectivity index (χ2n) is 9.15. The summed E-state index contributed by atoms with van der Waals surface area (Å²) in [6, 6.07) is 21.4. The van der Waals surface area contributed by atoms with E-state index in [0.717, 1.165) is 11.1 Å². The molecule has 2 amide bonds. The van der Waals surface area contributed by atoms with Gasteiger partial charge in [0.25, 0.3) is 11.8 Å². The number of amides is 2. The van der Waals surface area contributed by atoms with Crippen molar-refractivity contribution < 1.29 is 23.5 Å². The molecule has 5 rings (SSSR count). The summed E-state index contributed by atoms with van der Waals surface area (Å²) in [6.07, 6.45) is -1.12. The van der Waals surface area contributed by atoms with E-state index in [-0.39, 0.29) is 17.1 Å². The van der Waals surface area contributed by atoms with Crippen molar-refractivity contribution in [2.75, 3.05) is 12.4 Å². The van der Waals surface area contributed by atoms with Crippen LogP contribution in [0.2, 0.25) is 0 Å². The number of thiophene rings is 1. The number of nitrogens with one attached hydrogen (secondary N) is 1. The molecule has 40 heavy (non-hydrogen) atoms. The lowest BCUT2D eigenvalue weighted by Crippen LogP contribution is -2.32. The Balaban J connectivity index is 1.47. The number of hydrogen-bond donors (Lipinski definition) is 2. The second-order valence-corrected chi connectivity index (χ2v) is 10.0. The molecule has 3 N–H and O–H groups in total. The van der Waals surface area contributed by atoms with E-state index in [1.807, 2.05) is 31.2 Å². The van der Waals surface area contributed by atoms with Crippen LogP contribution in [0.5, 0.6) is 11.5 Å². The van der Waals surface area contributed by atoms with Gasteiger partial charge in [0.15, 0.2) is 11.9 Å². The van der Waals surface area contributed by atoms with Gasteiger partial charge < -0.3 is 24.9 Å². The van der Waals surface area contributed by atoms with E-state index in [9.17, 15) is 14.4 Å². The van der Waals surface area contributed by atoms with Gasteiger partial charge in [-0.1, -0.05) is 42.0 Å². The maximum atomic E-state index is 13.5. The van der Waals surface area contributed by atoms with E-state index < -0.39 is 23.3 Å². The lowest BCUT2D eigenvalue weighted by Gasteiger charge is -2.17. The van der Waals surface area contributed by atoms with E-state index in [4.69, 9.17) is 19.6 Å². The Hall–Kier alpha value is -4.89. The van der Waals surface area contributed by atoms with E-state index in [2.05, 4.69) is 5.32 Å². The van der Waals surface area contributed by atoms with Crippen LogP contribution < -0.4 is 26.0 Å². The number of rotatable bonds is 8. The number of fused-ring (bicyclic) bond motifs is 1. The number of hydrogen-bond acceptors (Lipinski definition) is 7. The first-order valence-electron chi connectivity index (χ1n) is 12.4. The van der Waals surface area contributed by atoms with Gasteiger partial charge in [0, 0.05) is 16.5 Å². The largest absolute Gasteiger partial charge is 0.497 e. The molecule has 0 aliphatic heterocycles. The average Bonchev–Trinajstić information content (AvgIpc) is 3.38. The van der Waals surface area contributed by atoms with Gasteiger partial charge in [-0.25, -0.2) is 0 Å². The minimum Gasteiger partial charge on any atom is -0.497 e. The minimum absolute atomic E-state index is 0.104. The number of ether oxygens (including phenoxy) is 2. The van der Waals surface area contributed by atoms with Crippen molar-refractivity contribution in [2.24, 2.45) is 5.73 Å². The summed E-state index contributed by atoms with van der Waals surface area (Å²) in [7, 11) is 1.56. The summed E-state index contributed by atoms with van der Waals surface area (Å²) in [5, 5.41) is 5.13. The van der Waals surface area contributed by atoms with Crippen molar-refractivity contribution in [3.63, 3.8) is 0 Å². The van der Waals surface area contributed by atoms with Crippen LogP contribution in [0.15, 0.2) is 87.4 Å². The lowest BCUT2D eigenvalue weighted by atomic mass is 10.0. The fraction of sp³-hybridized carbons (Fsp3) is 0.129. The molecule has 9 heteroatoms. The van der Waals surface area contributed by atoms with Gasteiger partial charge in [0.1, 0.15) is 16.3 Å². The zero-order chi connectivity index (χ0) is 28.4. The Morgan fingerprint density at radius 2 is 1.65 bits per heavy atom. The van der Waals surface area contributed by atoms with Crippen LogP contribution in [0.3, 0.4) is 0 Å². The van der Waals surface area contributed by atoms with Gasteiger partial charge in [0.05, 0.1) is 18.1 Å². The molecule has 0 aliphatic carbocycles. The van der Waals surface area contributed by atoms with Gasteiger partial charge in [-0.15, -0.1) is 11.3 Å². The minimum atomic E-state index is -1.12. The molecule has 5 aromatic rings. The summed E-state index contributed by atoms with van der Waals surface area (Å²) in [6.45, 7) is 3.48. The highest BCUT2D eigenvalue weighted by molar-refractivity contribution is 7.15. The summed E-state index contributed by atoms with van der Waals surface area (Å²) in [4.78, 5) is 39.1. The third-order valence-corrected chi connectivity index (χ3v) is 7.30. The van der Waals surface area contributed by atoms with Gasteiger partial charge in [-0.3, -0.25) is 14.4 Å². The van der Waals surface area contributed by atoms with Crippen LogP contribution in [0.4, 0.5) is 5.00 Å². The summed E-state index contributed by atoms with van der Waals surface area (Å²) >= 11 is 1.18. The summed E-state index contributed by atoms with van der Waals surface area (Å²) in [5.74, 6) is -0.520. The van der Waals surface area contributed by atoms with Crippen molar-refractivity contribution in [1.82, 2.24) is 0 Å². The second kappa shape index (κ2) is 11.1. The molecular weight excluding hydrogens is 528 g/mol. The van der Waals surface area contributed by atoms with E-state index in [1.165, 1.54) is 18.3 Å². The molecule has 0 aliphatic rings. The Morgan fingerprint density at radius 1 is 0.975 bits per heavy atom. The Morgan fingerprint density at radius 3 is 2.33 bits per heavy atom. The molecule has 3 aromatic carbocycles. The zero-order valence-corrected chi connectivity index (χ0v) is 22.8. The monoisotopic (exact) mass is 554 g/mol.